The molecular weight excluding hydrogens is 243 g/mol. The van der Waals surface area contributed by atoms with Gasteiger partial charge in [0.2, 0.25) is 0 Å². The molecule has 100 valence electrons. The first-order chi connectivity index (χ1) is 9.72. The number of aromatic nitrogens is 1. The van der Waals surface area contributed by atoms with Gasteiger partial charge in [0.25, 0.3) is 0 Å². The summed E-state index contributed by atoms with van der Waals surface area (Å²) in [5, 5.41) is 4.84. The number of aromatic amines is 1. The lowest BCUT2D eigenvalue weighted by Crippen LogP contribution is -2.19. The van der Waals surface area contributed by atoms with Crippen LogP contribution < -0.4 is 10.8 Å². The monoisotopic (exact) mass is 262 g/mol. The van der Waals surface area contributed by atoms with Gasteiger partial charge in [0.1, 0.15) is 7.85 Å². The minimum Gasteiger partial charge on any atom is -0.357 e. The van der Waals surface area contributed by atoms with Gasteiger partial charge in [0.05, 0.1) is 0 Å². The van der Waals surface area contributed by atoms with Crippen molar-refractivity contribution in [3.05, 3.63) is 65.9 Å². The fourth-order valence-corrected chi connectivity index (χ4v) is 2.55. The fourth-order valence-electron chi connectivity index (χ4n) is 2.55. The zero-order valence-electron chi connectivity index (χ0n) is 12.0. The van der Waals surface area contributed by atoms with E-state index in [1.54, 1.807) is 0 Å². The largest absolute Gasteiger partial charge is 0.357 e. The average Bonchev–Trinajstić information content (AvgIpc) is 2.87. The molecule has 20 heavy (non-hydrogen) atoms. The van der Waals surface area contributed by atoms with Crippen molar-refractivity contribution in [2.45, 2.75) is 19.5 Å². The van der Waals surface area contributed by atoms with Gasteiger partial charge >= 0.3 is 0 Å². The van der Waals surface area contributed by atoms with Gasteiger partial charge in [0, 0.05) is 23.8 Å². The highest BCUT2D eigenvalue weighted by Crippen LogP contribution is 2.16. The van der Waals surface area contributed by atoms with E-state index in [1.165, 1.54) is 27.6 Å². The molecule has 2 nitrogen and oxygen atoms in total. The molecule has 0 spiro atoms. The Bertz CT molecular complexity index is 685. The molecule has 3 rings (SSSR count). The van der Waals surface area contributed by atoms with Crippen LogP contribution >= 0.6 is 0 Å². The minimum absolute atomic E-state index is 0.348. The zero-order chi connectivity index (χ0) is 13.9. The number of nitrogens with one attached hydrogen (secondary N) is 2. The lowest BCUT2D eigenvalue weighted by Gasteiger charge is -2.14. The molecule has 0 aliphatic carbocycles. The van der Waals surface area contributed by atoms with Crippen molar-refractivity contribution in [3.8, 4) is 0 Å². The number of H-pyrrole nitrogens is 1. The third kappa shape index (κ3) is 2.78. The van der Waals surface area contributed by atoms with Crippen molar-refractivity contribution in [2.24, 2.45) is 0 Å². The molecule has 0 amide bonds. The van der Waals surface area contributed by atoms with Crippen LogP contribution in [0.3, 0.4) is 0 Å². The van der Waals surface area contributed by atoms with Crippen molar-refractivity contribution in [1.29, 1.82) is 0 Å². The number of hydrogen-bond acceptors (Lipinski definition) is 1. The average molecular weight is 262 g/mol. The van der Waals surface area contributed by atoms with Crippen molar-refractivity contribution in [2.75, 3.05) is 0 Å². The third-order valence-electron chi connectivity index (χ3n) is 3.73. The summed E-state index contributed by atoms with van der Waals surface area (Å²) in [7, 11) is 2.13. The highest BCUT2D eigenvalue weighted by molar-refractivity contribution is 6.32. The van der Waals surface area contributed by atoms with E-state index in [4.69, 9.17) is 0 Å². The van der Waals surface area contributed by atoms with Crippen LogP contribution in [0, 0.1) is 0 Å². The van der Waals surface area contributed by atoms with Crippen LogP contribution in [0.2, 0.25) is 0 Å². The zero-order valence-corrected chi connectivity index (χ0v) is 12.0. The summed E-state index contributed by atoms with van der Waals surface area (Å²) >= 11 is 0. The molecule has 0 aliphatic rings. The van der Waals surface area contributed by atoms with Gasteiger partial charge < -0.3 is 10.3 Å². The predicted octanol–water partition coefficient (Wildman–Crippen LogP) is 2.28. The topological polar surface area (TPSA) is 27.8 Å². The standard InChI is InChI=1S/C17H19BN2/c1-12(13-6-4-7-15(18)9-13)19-11-16-10-14-5-2-3-8-17(14)20-16/h2-10,12,19-20H,11,18H2,1H3. The van der Waals surface area contributed by atoms with E-state index >= 15 is 0 Å². The van der Waals surface area contributed by atoms with Crippen LogP contribution in [0.5, 0.6) is 0 Å². The minimum atomic E-state index is 0.348. The normalized spacial score (nSPS) is 12.7. The summed E-state index contributed by atoms with van der Waals surface area (Å²) in [5.41, 5.74) is 5.07. The SMILES string of the molecule is Bc1cccc(C(C)NCc2cc3ccccc3[nH]2)c1. The summed E-state index contributed by atoms with van der Waals surface area (Å²) in [6, 6.07) is 19.6. The molecule has 1 heterocycles. The molecule has 1 unspecified atom stereocenters. The highest BCUT2D eigenvalue weighted by Gasteiger charge is 2.06. The van der Waals surface area contributed by atoms with Gasteiger partial charge in [-0.2, -0.15) is 0 Å². The summed E-state index contributed by atoms with van der Waals surface area (Å²) in [5.74, 6) is 0. The number of rotatable bonds is 4. The summed E-state index contributed by atoms with van der Waals surface area (Å²) in [4.78, 5) is 3.45. The maximum atomic E-state index is 3.57. The van der Waals surface area contributed by atoms with E-state index in [1.807, 2.05) is 0 Å². The maximum absolute atomic E-state index is 3.57. The van der Waals surface area contributed by atoms with Gasteiger partial charge in [0.15, 0.2) is 0 Å². The Balaban J connectivity index is 1.69. The lowest BCUT2D eigenvalue weighted by atomic mass is 9.93. The Labute approximate surface area is 120 Å². The Morgan fingerprint density at radius 1 is 1.10 bits per heavy atom. The van der Waals surface area contributed by atoms with Crippen molar-refractivity contribution >= 4 is 24.2 Å². The van der Waals surface area contributed by atoms with E-state index in [2.05, 4.69) is 79.7 Å². The van der Waals surface area contributed by atoms with Crippen LogP contribution in [0.4, 0.5) is 0 Å². The first kappa shape index (κ1) is 13.0. The number of hydrogen-bond donors (Lipinski definition) is 2. The number of fused-ring (bicyclic) bond motifs is 1. The second kappa shape index (κ2) is 5.55. The second-order valence-electron chi connectivity index (χ2n) is 5.40. The van der Waals surface area contributed by atoms with E-state index in [-0.39, 0.29) is 0 Å². The van der Waals surface area contributed by atoms with Crippen molar-refractivity contribution in [1.82, 2.24) is 10.3 Å². The van der Waals surface area contributed by atoms with Gasteiger partial charge in [-0.05, 0) is 30.0 Å². The lowest BCUT2D eigenvalue weighted by molar-refractivity contribution is 0.570. The van der Waals surface area contributed by atoms with E-state index in [9.17, 15) is 0 Å². The molecule has 3 heteroatoms. The Kier molecular flexibility index (Phi) is 3.61. The molecule has 0 fully saturated rings. The molecule has 0 radical (unpaired) electrons. The number of benzene rings is 2. The third-order valence-corrected chi connectivity index (χ3v) is 3.73. The molecule has 0 saturated carbocycles. The van der Waals surface area contributed by atoms with Gasteiger partial charge in [-0.15, -0.1) is 0 Å². The second-order valence-corrected chi connectivity index (χ2v) is 5.40. The fraction of sp³-hybridized carbons (Fsp3) is 0.176. The molecule has 2 N–H and O–H groups in total. The van der Waals surface area contributed by atoms with Gasteiger partial charge in [-0.25, -0.2) is 0 Å². The molecular formula is C17H19BN2. The van der Waals surface area contributed by atoms with Crippen LogP contribution in [-0.2, 0) is 6.54 Å². The molecule has 0 aliphatic heterocycles. The maximum Gasteiger partial charge on any atom is 0.139 e. The summed E-state index contributed by atoms with van der Waals surface area (Å²) < 4.78 is 0. The molecule has 2 aromatic carbocycles. The number of para-hydroxylation sites is 1. The van der Waals surface area contributed by atoms with Gasteiger partial charge in [-0.3, -0.25) is 0 Å². The smallest absolute Gasteiger partial charge is 0.139 e. The molecule has 3 aromatic rings. The highest BCUT2D eigenvalue weighted by atomic mass is 14.9. The summed E-state index contributed by atoms with van der Waals surface area (Å²) in [6.45, 7) is 3.06. The molecule has 1 aromatic heterocycles. The summed E-state index contributed by atoms with van der Waals surface area (Å²) in [6.07, 6.45) is 0. The van der Waals surface area contributed by atoms with Crippen LogP contribution in [-0.4, -0.2) is 12.8 Å². The quantitative estimate of drug-likeness (QED) is 0.694. The Morgan fingerprint density at radius 2 is 1.95 bits per heavy atom. The molecule has 1 atom stereocenters. The first-order valence-corrected chi connectivity index (χ1v) is 7.09. The van der Waals surface area contributed by atoms with Crippen molar-refractivity contribution < 1.29 is 0 Å². The van der Waals surface area contributed by atoms with Gasteiger partial charge in [-0.1, -0.05) is 47.9 Å². The Hall–Kier alpha value is -2.00. The van der Waals surface area contributed by atoms with Crippen molar-refractivity contribution in [3.63, 3.8) is 0 Å². The van der Waals surface area contributed by atoms with E-state index in [0.717, 1.165) is 6.54 Å². The molecule has 0 saturated heterocycles. The predicted molar refractivity (Wildman–Crippen MR) is 88.2 cm³/mol. The van der Waals surface area contributed by atoms with Crippen LogP contribution in [0.25, 0.3) is 10.9 Å². The first-order valence-electron chi connectivity index (χ1n) is 7.09. The molecule has 0 bridgehead atoms. The Morgan fingerprint density at radius 3 is 2.75 bits per heavy atom. The van der Waals surface area contributed by atoms with Crippen LogP contribution in [0.1, 0.15) is 24.2 Å². The van der Waals surface area contributed by atoms with Crippen LogP contribution in [0.15, 0.2) is 54.6 Å². The van der Waals surface area contributed by atoms with E-state index in [0.29, 0.717) is 6.04 Å². The van der Waals surface area contributed by atoms with E-state index < -0.39 is 0 Å².